The zero-order chi connectivity index (χ0) is 72.6. The quantitative estimate of drug-likeness (QED) is 0.0297. The van der Waals surface area contributed by atoms with Crippen molar-refractivity contribution in [2.24, 2.45) is 0 Å². The topological polar surface area (TPSA) is 809 Å². The summed E-state index contributed by atoms with van der Waals surface area (Å²) < 4.78 is 286. The van der Waals surface area contributed by atoms with Gasteiger partial charge in [-0.3, -0.25) is 32.1 Å². The van der Waals surface area contributed by atoms with Gasteiger partial charge in [-0.25, -0.2) is 35.3 Å². The molecule has 20 N–H and O–H groups in total. The maximum Gasteiger partial charge on any atom is 0.397 e. The van der Waals surface area contributed by atoms with Crippen LogP contribution in [0.3, 0.4) is 0 Å². The molecule has 0 radical (unpaired) electrons. The summed E-state index contributed by atoms with van der Waals surface area (Å²) in [5, 5.41) is 131. The molecule has 0 bridgehead atoms. The molecular formula is C38H60N2O50S6. The fraction of sp³-hybridized carbons (Fsp3) is 0.895. The number of aliphatic hydroxyl groups is 9. The van der Waals surface area contributed by atoms with E-state index in [0.29, 0.717) is 0 Å². The average molecular weight is 1540 g/mol. The van der Waals surface area contributed by atoms with E-state index < -0.39 is 290 Å². The predicted octanol–water partition coefficient (Wildman–Crippen LogP) is -14.5. The number of ether oxygens (including phenoxy) is 11. The number of carbonyl (C=O) groups is 4. The molecule has 29 atom stereocenters. The van der Waals surface area contributed by atoms with Crippen LogP contribution in [0.4, 0.5) is 0 Å². The lowest BCUT2D eigenvalue weighted by molar-refractivity contribution is -0.375. The van der Waals surface area contributed by atoms with E-state index in [0.717, 1.165) is 11.6 Å². The first-order valence-corrected chi connectivity index (χ1v) is 34.3. The summed E-state index contributed by atoms with van der Waals surface area (Å²) in [7, 11) is -35.3. The van der Waals surface area contributed by atoms with Crippen molar-refractivity contribution < 1.29 is 231 Å². The molecule has 58 heteroatoms. The monoisotopic (exact) mass is 1540 g/mol. The van der Waals surface area contributed by atoms with Crippen molar-refractivity contribution in [3.8, 4) is 0 Å². The van der Waals surface area contributed by atoms with Crippen molar-refractivity contribution in [2.45, 2.75) is 185 Å². The summed E-state index contributed by atoms with van der Waals surface area (Å²) in [6, 6.07) is -5.49. The van der Waals surface area contributed by atoms with Gasteiger partial charge < -0.3 is 119 Å². The van der Waals surface area contributed by atoms with E-state index >= 15 is 0 Å². The van der Waals surface area contributed by atoms with Crippen LogP contribution in [0.25, 0.3) is 0 Å². The fourth-order valence-corrected chi connectivity index (χ4v) is 12.6. The van der Waals surface area contributed by atoms with Crippen LogP contribution in [-0.2, 0) is 154 Å². The van der Waals surface area contributed by atoms with Gasteiger partial charge in [0.25, 0.3) is 0 Å². The molecule has 6 heterocycles. The third kappa shape index (κ3) is 21.4. The summed E-state index contributed by atoms with van der Waals surface area (Å²) in [6.45, 7) is -5.31. The molecule has 1 amide bonds. The Kier molecular flexibility index (Phi) is 26.8. The molecule has 6 saturated heterocycles. The highest BCUT2D eigenvalue weighted by Gasteiger charge is 2.62. The number of hydrogen-bond acceptors (Lipinski definition) is 41. The average Bonchev–Trinajstić information content (AvgIpc) is 1.32. The number of carboxylic acid groups (broad SMARTS) is 3. The van der Waals surface area contributed by atoms with E-state index in [1.807, 2.05) is 5.32 Å². The van der Waals surface area contributed by atoms with Gasteiger partial charge in [-0.1, -0.05) is 0 Å². The zero-order valence-electron chi connectivity index (χ0n) is 47.1. The van der Waals surface area contributed by atoms with Crippen LogP contribution in [0.15, 0.2) is 0 Å². The number of aliphatic carboxylic acids is 3. The van der Waals surface area contributed by atoms with Gasteiger partial charge >= 0.3 is 80.2 Å². The predicted molar refractivity (Wildman–Crippen MR) is 276 cm³/mol. The SMILES string of the molecule is CC(=O)N[C@H]1[C@@H](O[C@H]2[C@H](O)[C@@H](O)[C@H](O[C@H]3[C@H](OS(=O)(=O)O)[C@@H](NS(=O)(=O)O)[C@@H](O[C@H]4[C@H](O)[C@@H](OS(=O)(=O)O)[C@H](O[C@H]5[C@H](O)[C@@H](CO)O[C@@H]5COS(=O)(=O)O)O[C@H]4C(=O)O)O[C@@H]3COS(=O)(=O)O)O[C@@H]2C(=O)O)O[C@H](COS(=O)(=O)O)[C@@H](O[C@@H]2O[C@@H](C(=O)O)[C@@H](O)[C@H](O)[C@H]2O)[C@@H]1O. The Balaban J connectivity index is 1.38. The minimum absolute atomic E-state index is 0.724. The van der Waals surface area contributed by atoms with Gasteiger partial charge in [0.05, 0.1) is 26.4 Å². The van der Waals surface area contributed by atoms with Crippen LogP contribution in [0.2, 0.25) is 0 Å². The van der Waals surface area contributed by atoms with Crippen LogP contribution in [0, 0.1) is 0 Å². The van der Waals surface area contributed by atoms with E-state index in [1.54, 1.807) is 0 Å². The highest BCUT2D eigenvalue weighted by Crippen LogP contribution is 2.39. The smallest absolute Gasteiger partial charge is 0.397 e. The number of amides is 1. The van der Waals surface area contributed by atoms with Crippen molar-refractivity contribution in [3.05, 3.63) is 0 Å². The Bertz CT molecular complexity index is 3440. The molecule has 6 aliphatic heterocycles. The molecule has 52 nitrogen and oxygen atoms in total. The molecule has 6 aliphatic rings. The van der Waals surface area contributed by atoms with Gasteiger partial charge in [-0.15, -0.1) is 0 Å². The standard InChI is InChI=1S/C38H60N2O50S6/c1-6(42)39-11-14(44)22(81-36-18(48)15(45)16(46)27(86-36)31(51)52)9(4-76-93(63,64)65)79-34(11)84-25-17(47)19(49)37(87-29(25)32(53)54)83-23-10(5-77-94(66,67)68)80-35(12(40-91(57,58)59)24(23)89-95(69,70)71)85-26-20(50)28(90-96(72,73)74)38(88-30(26)33(55)56)82-21-8(3-75-92(60,61)62)78-7(2-41)13(21)43/h7-30,34-38,40-41,43-50H,2-5H2,1H3,(H,39,42)(H,51,52)(H,53,54)(H,55,56)(H,57,58,59)(H,60,61,62)(H,63,64,65)(H,66,67,68)(H,69,70,71)(H,72,73,74)/t7-,8-,9-,10-,11-,12-,13-,14-,15+,16+,17-,18-,19-,20+,21-,22-,23-,24-,25+,26+,27-,28-,29+,30-,34-,35-,36-,37-,38-/m1/s1. The van der Waals surface area contributed by atoms with E-state index in [2.05, 4.69) is 20.9 Å². The number of rotatable bonds is 30. The highest BCUT2D eigenvalue weighted by molar-refractivity contribution is 7.84. The second-order valence-electron chi connectivity index (χ2n) is 20.7. The fourth-order valence-electron chi connectivity index (χ4n) is 10.1. The second-order valence-corrected chi connectivity index (χ2v) is 27.2. The molecule has 0 unspecified atom stereocenters. The zero-order valence-corrected chi connectivity index (χ0v) is 52.0. The Morgan fingerprint density at radius 2 is 0.740 bits per heavy atom. The molecule has 0 spiro atoms. The maximum atomic E-state index is 13.1. The van der Waals surface area contributed by atoms with Crippen LogP contribution in [0.5, 0.6) is 0 Å². The van der Waals surface area contributed by atoms with Crippen molar-refractivity contribution in [1.29, 1.82) is 0 Å². The molecule has 0 aromatic rings. The van der Waals surface area contributed by atoms with Gasteiger partial charge in [0.15, 0.2) is 55.9 Å². The van der Waals surface area contributed by atoms with Gasteiger partial charge in [-0.05, 0) is 0 Å². The molecule has 6 fully saturated rings. The van der Waals surface area contributed by atoms with Gasteiger partial charge in [-0.2, -0.15) is 55.2 Å². The largest absolute Gasteiger partial charge is 0.479 e. The third-order valence-corrected chi connectivity index (χ3v) is 16.8. The molecule has 0 aromatic heterocycles. The first-order valence-electron chi connectivity index (χ1n) is 26.0. The van der Waals surface area contributed by atoms with Crippen LogP contribution in [0.1, 0.15) is 6.92 Å². The van der Waals surface area contributed by atoms with Crippen LogP contribution in [-0.4, -0.2) is 367 Å². The number of aliphatic hydroxyl groups excluding tert-OH is 9. The number of carboxylic acids is 3. The highest BCUT2D eigenvalue weighted by atomic mass is 32.3. The summed E-state index contributed by atoms with van der Waals surface area (Å²) >= 11 is 0. The Hall–Kier alpha value is -3.70. The Morgan fingerprint density at radius 3 is 1.18 bits per heavy atom. The summed E-state index contributed by atoms with van der Waals surface area (Å²) in [6.07, 6.45) is -72.8. The second kappa shape index (κ2) is 31.7. The lowest BCUT2D eigenvalue weighted by Crippen LogP contribution is -2.71. The van der Waals surface area contributed by atoms with Crippen LogP contribution < -0.4 is 10.0 Å². The molecule has 0 aliphatic carbocycles. The van der Waals surface area contributed by atoms with E-state index in [9.17, 15) is 154 Å². The van der Waals surface area contributed by atoms with E-state index in [4.69, 9.17) is 56.7 Å². The van der Waals surface area contributed by atoms with E-state index in [-0.39, 0.29) is 0 Å². The third-order valence-electron chi connectivity index (χ3n) is 14.0. The molecule has 558 valence electrons. The summed E-state index contributed by atoms with van der Waals surface area (Å²) in [5.74, 6) is -7.97. The van der Waals surface area contributed by atoms with Gasteiger partial charge in [0.2, 0.25) is 5.91 Å². The summed E-state index contributed by atoms with van der Waals surface area (Å²) in [5.41, 5.74) is 0. The van der Waals surface area contributed by atoms with Crippen molar-refractivity contribution in [1.82, 2.24) is 10.0 Å². The number of nitrogens with one attached hydrogen (secondary N) is 2. The molecular weight excluding hydrogens is 1480 g/mol. The molecule has 0 aromatic carbocycles. The summed E-state index contributed by atoms with van der Waals surface area (Å²) in [4.78, 5) is 50.4. The first kappa shape index (κ1) is 81.3. The Labute approximate surface area is 536 Å². The lowest BCUT2D eigenvalue weighted by Gasteiger charge is -2.50. The van der Waals surface area contributed by atoms with Gasteiger partial charge in [0, 0.05) is 6.92 Å². The van der Waals surface area contributed by atoms with Crippen LogP contribution >= 0.6 is 0 Å². The minimum atomic E-state index is -6.33. The van der Waals surface area contributed by atoms with Gasteiger partial charge in [0.1, 0.15) is 122 Å². The minimum Gasteiger partial charge on any atom is -0.479 e. The van der Waals surface area contributed by atoms with Crippen molar-refractivity contribution >= 4 is 86.1 Å². The van der Waals surface area contributed by atoms with Crippen molar-refractivity contribution in [3.63, 3.8) is 0 Å². The first-order chi connectivity index (χ1) is 43.9. The molecule has 96 heavy (non-hydrogen) atoms. The normalized spacial score (nSPS) is 40.7. The maximum absolute atomic E-state index is 13.1. The van der Waals surface area contributed by atoms with E-state index in [1.165, 1.54) is 0 Å². The molecule has 0 saturated carbocycles. The Morgan fingerprint density at radius 1 is 0.365 bits per heavy atom. The van der Waals surface area contributed by atoms with Crippen molar-refractivity contribution in [2.75, 3.05) is 26.4 Å². The number of carbonyl (C=O) groups excluding carboxylic acids is 1. The lowest BCUT2D eigenvalue weighted by atomic mass is 9.94. The number of hydrogen-bond donors (Lipinski definition) is 20. The molecule has 6 rings (SSSR count).